The molecule has 0 saturated carbocycles. The minimum atomic E-state index is -0.384. The number of urea groups is 1. The van der Waals surface area contributed by atoms with Crippen LogP contribution in [0.2, 0.25) is 0 Å². The molecule has 27 heavy (non-hydrogen) atoms. The van der Waals surface area contributed by atoms with E-state index in [1.807, 2.05) is 24.3 Å². The normalized spacial score (nSPS) is 13.5. The minimum Gasteiger partial charge on any atom is -0.311 e. The number of halogens is 1. The Morgan fingerprint density at radius 1 is 0.889 bits per heavy atom. The van der Waals surface area contributed by atoms with Crippen molar-refractivity contribution in [2.24, 2.45) is 0 Å². The summed E-state index contributed by atoms with van der Waals surface area (Å²) in [6.07, 6.45) is 4.48. The third kappa shape index (κ3) is 3.97. The first kappa shape index (κ1) is 17.2. The molecule has 0 atom stereocenters. The van der Waals surface area contributed by atoms with Crippen LogP contribution >= 0.6 is 0 Å². The van der Waals surface area contributed by atoms with Crippen molar-refractivity contribution in [3.05, 3.63) is 60.2 Å². The number of aromatic nitrogens is 3. The summed E-state index contributed by atoms with van der Waals surface area (Å²) in [5.41, 5.74) is 2.16. The third-order valence-electron chi connectivity index (χ3n) is 4.61. The van der Waals surface area contributed by atoms with Crippen molar-refractivity contribution in [1.82, 2.24) is 14.8 Å². The first-order valence-corrected chi connectivity index (χ1v) is 9.05. The Balaban J connectivity index is 1.44. The molecule has 7 heteroatoms. The highest BCUT2D eigenvalue weighted by Gasteiger charge is 2.16. The first-order chi connectivity index (χ1) is 13.2. The molecule has 0 spiro atoms. The van der Waals surface area contributed by atoms with E-state index in [0.29, 0.717) is 11.4 Å². The van der Waals surface area contributed by atoms with Crippen molar-refractivity contribution < 1.29 is 9.18 Å². The summed E-state index contributed by atoms with van der Waals surface area (Å²) in [6, 6.07) is 12.7. The zero-order valence-corrected chi connectivity index (χ0v) is 14.8. The number of hydrogen-bond donors (Lipinski definition) is 2. The average molecular weight is 365 g/mol. The standard InChI is InChI=1S/C20H20FN5O/c21-15-7-11-17(12-8-15)23-20(27)22-16-9-5-14(6-10-16)19-25-24-18-4-2-1-3-13-26(18)19/h5-12H,1-4,13H2,(H2,22,23,27). The molecule has 3 aromatic rings. The summed E-state index contributed by atoms with van der Waals surface area (Å²) >= 11 is 0. The lowest BCUT2D eigenvalue weighted by molar-refractivity contribution is 0.262. The molecule has 1 aliphatic heterocycles. The second-order valence-electron chi connectivity index (χ2n) is 6.57. The van der Waals surface area contributed by atoms with E-state index < -0.39 is 0 Å². The summed E-state index contributed by atoms with van der Waals surface area (Å²) in [5, 5.41) is 14.1. The van der Waals surface area contributed by atoms with Gasteiger partial charge in [0.2, 0.25) is 0 Å². The number of fused-ring (bicyclic) bond motifs is 1. The first-order valence-electron chi connectivity index (χ1n) is 9.05. The molecule has 2 amide bonds. The summed E-state index contributed by atoms with van der Waals surface area (Å²) in [7, 11) is 0. The Morgan fingerprint density at radius 2 is 1.56 bits per heavy atom. The molecule has 6 nitrogen and oxygen atoms in total. The SMILES string of the molecule is O=C(Nc1ccc(F)cc1)Nc1ccc(-c2nnc3n2CCCCC3)cc1. The Bertz CT molecular complexity index is 934. The third-order valence-corrected chi connectivity index (χ3v) is 4.61. The van der Waals surface area contributed by atoms with Crippen molar-refractivity contribution in [1.29, 1.82) is 0 Å². The van der Waals surface area contributed by atoms with Crippen molar-refractivity contribution in [2.45, 2.75) is 32.2 Å². The lowest BCUT2D eigenvalue weighted by Crippen LogP contribution is -2.19. The van der Waals surface area contributed by atoms with Crippen LogP contribution in [-0.4, -0.2) is 20.8 Å². The maximum absolute atomic E-state index is 12.9. The number of anilines is 2. The number of nitrogens with zero attached hydrogens (tertiary/aromatic N) is 3. The molecule has 0 saturated heterocycles. The van der Waals surface area contributed by atoms with Gasteiger partial charge in [-0.05, 0) is 61.4 Å². The number of hydrogen-bond acceptors (Lipinski definition) is 3. The van der Waals surface area contributed by atoms with E-state index >= 15 is 0 Å². The molecule has 0 aliphatic carbocycles. The van der Waals surface area contributed by atoms with Crippen LogP contribution in [0.5, 0.6) is 0 Å². The van der Waals surface area contributed by atoms with Crippen molar-refractivity contribution >= 4 is 17.4 Å². The highest BCUT2D eigenvalue weighted by molar-refractivity contribution is 5.99. The Labute approximate surface area is 156 Å². The van der Waals surface area contributed by atoms with Gasteiger partial charge in [0.25, 0.3) is 0 Å². The second kappa shape index (κ2) is 7.57. The molecule has 1 aromatic heterocycles. The lowest BCUT2D eigenvalue weighted by Gasteiger charge is -2.09. The zero-order valence-electron chi connectivity index (χ0n) is 14.8. The van der Waals surface area contributed by atoms with E-state index in [1.54, 1.807) is 0 Å². The number of carbonyl (C=O) groups excluding carboxylic acids is 1. The van der Waals surface area contributed by atoms with E-state index in [9.17, 15) is 9.18 Å². The molecule has 0 bridgehead atoms. The quantitative estimate of drug-likeness (QED) is 0.720. The topological polar surface area (TPSA) is 71.8 Å². The van der Waals surface area contributed by atoms with Gasteiger partial charge in [-0.3, -0.25) is 0 Å². The number of amides is 2. The minimum absolute atomic E-state index is 0.345. The highest BCUT2D eigenvalue weighted by atomic mass is 19.1. The predicted octanol–water partition coefficient (Wildman–Crippen LogP) is 4.45. The van der Waals surface area contributed by atoms with Gasteiger partial charge in [0, 0.05) is 29.9 Å². The molecule has 4 rings (SSSR count). The number of aryl methyl sites for hydroxylation is 1. The summed E-state index contributed by atoms with van der Waals surface area (Å²) in [5.74, 6) is 1.57. The van der Waals surface area contributed by atoms with Crippen LogP contribution in [0, 0.1) is 5.82 Å². The predicted molar refractivity (Wildman–Crippen MR) is 102 cm³/mol. The van der Waals surface area contributed by atoms with Gasteiger partial charge < -0.3 is 15.2 Å². The molecular weight excluding hydrogens is 345 g/mol. The van der Waals surface area contributed by atoms with Crippen LogP contribution in [0.3, 0.4) is 0 Å². The van der Waals surface area contributed by atoms with Crippen molar-refractivity contribution in [2.75, 3.05) is 10.6 Å². The van der Waals surface area contributed by atoms with Gasteiger partial charge in [-0.25, -0.2) is 9.18 Å². The number of benzene rings is 2. The fourth-order valence-electron chi connectivity index (χ4n) is 3.23. The zero-order chi connectivity index (χ0) is 18.6. The van der Waals surface area contributed by atoms with Gasteiger partial charge in [-0.1, -0.05) is 6.42 Å². The monoisotopic (exact) mass is 365 g/mol. The van der Waals surface area contributed by atoms with E-state index in [0.717, 1.165) is 43.0 Å². The number of rotatable bonds is 3. The van der Waals surface area contributed by atoms with Gasteiger partial charge in [0.15, 0.2) is 5.82 Å². The van der Waals surface area contributed by atoms with Crippen LogP contribution in [0.25, 0.3) is 11.4 Å². The molecule has 2 aromatic carbocycles. The molecule has 2 heterocycles. The molecule has 1 aliphatic rings. The van der Waals surface area contributed by atoms with Crippen LogP contribution < -0.4 is 10.6 Å². The summed E-state index contributed by atoms with van der Waals surface area (Å²) < 4.78 is 15.1. The fraction of sp³-hybridized carbons (Fsp3) is 0.250. The summed E-state index contributed by atoms with van der Waals surface area (Å²) in [4.78, 5) is 12.1. The van der Waals surface area contributed by atoms with E-state index in [1.165, 1.54) is 30.7 Å². The van der Waals surface area contributed by atoms with Gasteiger partial charge >= 0.3 is 6.03 Å². The van der Waals surface area contributed by atoms with Crippen LogP contribution in [0.1, 0.15) is 25.1 Å². The molecule has 2 N–H and O–H groups in total. The van der Waals surface area contributed by atoms with Crippen LogP contribution in [0.15, 0.2) is 48.5 Å². The summed E-state index contributed by atoms with van der Waals surface area (Å²) in [6.45, 7) is 0.942. The molecule has 0 radical (unpaired) electrons. The molecule has 0 unspecified atom stereocenters. The fourth-order valence-corrected chi connectivity index (χ4v) is 3.23. The van der Waals surface area contributed by atoms with Crippen LogP contribution in [-0.2, 0) is 13.0 Å². The molecule has 138 valence electrons. The lowest BCUT2D eigenvalue weighted by atomic mass is 10.2. The van der Waals surface area contributed by atoms with E-state index in [2.05, 4.69) is 25.4 Å². The molecule has 0 fully saturated rings. The van der Waals surface area contributed by atoms with E-state index in [-0.39, 0.29) is 11.8 Å². The van der Waals surface area contributed by atoms with Gasteiger partial charge in [-0.15, -0.1) is 10.2 Å². The molecular formula is C20H20FN5O. The largest absolute Gasteiger partial charge is 0.323 e. The highest BCUT2D eigenvalue weighted by Crippen LogP contribution is 2.24. The maximum atomic E-state index is 12.9. The Kier molecular flexibility index (Phi) is 4.82. The van der Waals surface area contributed by atoms with Gasteiger partial charge in [0.05, 0.1) is 0 Å². The second-order valence-corrected chi connectivity index (χ2v) is 6.57. The Morgan fingerprint density at radius 3 is 2.26 bits per heavy atom. The Hall–Kier alpha value is -3.22. The maximum Gasteiger partial charge on any atom is 0.323 e. The number of nitrogens with one attached hydrogen (secondary N) is 2. The number of carbonyl (C=O) groups is 1. The van der Waals surface area contributed by atoms with Gasteiger partial charge in [-0.2, -0.15) is 0 Å². The smallest absolute Gasteiger partial charge is 0.311 e. The average Bonchev–Trinajstić information content (AvgIpc) is 2.92. The van der Waals surface area contributed by atoms with Crippen LogP contribution in [0.4, 0.5) is 20.6 Å². The van der Waals surface area contributed by atoms with E-state index in [4.69, 9.17) is 0 Å². The van der Waals surface area contributed by atoms with Crippen molar-refractivity contribution in [3.8, 4) is 11.4 Å². The van der Waals surface area contributed by atoms with Gasteiger partial charge in [0.1, 0.15) is 11.6 Å². The van der Waals surface area contributed by atoms with Crippen molar-refractivity contribution in [3.63, 3.8) is 0 Å².